The zero-order valence-corrected chi connectivity index (χ0v) is 7.51. The Morgan fingerprint density at radius 2 is 2.23 bits per heavy atom. The molecule has 0 aromatic rings. The zero-order chi connectivity index (χ0) is 8.89. The summed E-state index contributed by atoms with van der Waals surface area (Å²) >= 11 is 0. The summed E-state index contributed by atoms with van der Waals surface area (Å²) in [4.78, 5) is 11.9. The summed E-state index contributed by atoms with van der Waals surface area (Å²) in [6.07, 6.45) is 7.64. The second kappa shape index (κ2) is 2.25. The molecule has 1 atom stereocenters. The number of fused-ring (bicyclic) bond motifs is 1. The number of carbonyl (C=O) groups excluding carboxylic acids is 1. The number of carbonyl (C=O) groups is 1. The fourth-order valence-corrected chi connectivity index (χ4v) is 2.68. The maximum Gasteiger partial charge on any atom is 0.147 e. The van der Waals surface area contributed by atoms with E-state index in [0.29, 0.717) is 12.2 Å². The highest BCUT2D eigenvalue weighted by atomic mass is 16.5. The molecule has 2 fully saturated rings. The van der Waals surface area contributed by atoms with Crippen LogP contribution in [0.1, 0.15) is 25.7 Å². The van der Waals surface area contributed by atoms with E-state index < -0.39 is 0 Å². The molecule has 0 radical (unpaired) electrons. The predicted molar refractivity (Wildman–Crippen MR) is 48.0 cm³/mol. The molecule has 2 aliphatic carbocycles. The summed E-state index contributed by atoms with van der Waals surface area (Å²) in [6.45, 7) is 0.721. The average molecular weight is 176 g/mol. The van der Waals surface area contributed by atoms with Crippen molar-refractivity contribution in [1.29, 1.82) is 0 Å². The van der Waals surface area contributed by atoms with Crippen molar-refractivity contribution in [3.05, 3.63) is 23.5 Å². The van der Waals surface area contributed by atoms with Gasteiger partial charge in [-0.1, -0.05) is 11.6 Å². The lowest BCUT2D eigenvalue weighted by molar-refractivity contribution is -0.128. The number of hydrogen-bond donors (Lipinski definition) is 0. The Morgan fingerprint density at radius 1 is 1.31 bits per heavy atom. The number of allylic oxidation sites excluding steroid dienone is 4. The SMILES string of the molecule is O=C1CCC2=CC=C3OCCC13C2. The number of Topliss-reactive ketones (excluding diaryl/α,β-unsaturated/α-hetero) is 1. The summed E-state index contributed by atoms with van der Waals surface area (Å²) in [7, 11) is 0. The normalized spacial score (nSPS) is 36.2. The van der Waals surface area contributed by atoms with Crippen molar-refractivity contribution >= 4 is 5.78 Å². The molecule has 3 rings (SSSR count). The lowest BCUT2D eigenvalue weighted by Gasteiger charge is -2.34. The van der Waals surface area contributed by atoms with E-state index in [9.17, 15) is 4.79 Å². The standard InChI is InChI=1S/C11H12O2/c12-9-3-1-8-2-4-10-11(9,7-8)5-6-13-10/h2,4H,1,3,5-7H2. The van der Waals surface area contributed by atoms with Crippen LogP contribution < -0.4 is 0 Å². The minimum absolute atomic E-state index is 0.220. The van der Waals surface area contributed by atoms with Crippen LogP contribution in [0.2, 0.25) is 0 Å². The second-order valence-electron chi connectivity index (χ2n) is 4.14. The van der Waals surface area contributed by atoms with Crippen LogP contribution in [0.5, 0.6) is 0 Å². The first-order valence-corrected chi connectivity index (χ1v) is 4.88. The molecule has 1 saturated heterocycles. The predicted octanol–water partition coefficient (Wildman–Crippen LogP) is 1.97. The van der Waals surface area contributed by atoms with Gasteiger partial charge in [0.15, 0.2) is 0 Å². The molecule has 0 N–H and O–H groups in total. The van der Waals surface area contributed by atoms with Gasteiger partial charge < -0.3 is 4.74 Å². The largest absolute Gasteiger partial charge is 0.497 e. The van der Waals surface area contributed by atoms with Gasteiger partial charge in [-0.25, -0.2) is 0 Å². The van der Waals surface area contributed by atoms with Gasteiger partial charge in [0.1, 0.15) is 11.5 Å². The van der Waals surface area contributed by atoms with Gasteiger partial charge in [-0.05, 0) is 18.9 Å². The zero-order valence-electron chi connectivity index (χ0n) is 7.51. The molecule has 2 nitrogen and oxygen atoms in total. The maximum atomic E-state index is 11.9. The van der Waals surface area contributed by atoms with Crippen LogP contribution in [0, 0.1) is 5.41 Å². The quantitative estimate of drug-likeness (QED) is 0.564. The Morgan fingerprint density at radius 3 is 3.15 bits per heavy atom. The fraction of sp³-hybridized carbons (Fsp3) is 0.545. The van der Waals surface area contributed by atoms with Gasteiger partial charge in [0.05, 0.1) is 12.0 Å². The number of ketones is 1. The molecule has 1 aliphatic heterocycles. The molecule has 1 saturated carbocycles. The highest BCUT2D eigenvalue weighted by molar-refractivity contribution is 5.90. The van der Waals surface area contributed by atoms with Gasteiger partial charge in [0, 0.05) is 12.8 Å². The summed E-state index contributed by atoms with van der Waals surface area (Å²) in [5.74, 6) is 1.33. The van der Waals surface area contributed by atoms with E-state index in [-0.39, 0.29) is 5.41 Å². The molecule has 0 aromatic heterocycles. The number of rotatable bonds is 0. The average Bonchev–Trinajstić information content (AvgIpc) is 2.55. The highest BCUT2D eigenvalue weighted by Gasteiger charge is 2.50. The molecule has 0 amide bonds. The molecule has 2 heteroatoms. The van der Waals surface area contributed by atoms with Crippen LogP contribution in [0.25, 0.3) is 0 Å². The molecule has 68 valence electrons. The molecule has 3 aliphatic rings. The van der Waals surface area contributed by atoms with Gasteiger partial charge in [-0.3, -0.25) is 4.79 Å². The van der Waals surface area contributed by atoms with Crippen molar-refractivity contribution in [2.24, 2.45) is 5.41 Å². The smallest absolute Gasteiger partial charge is 0.147 e. The third kappa shape index (κ3) is 0.808. The number of hydrogen-bond acceptors (Lipinski definition) is 2. The maximum absolute atomic E-state index is 11.9. The second-order valence-corrected chi connectivity index (χ2v) is 4.14. The summed E-state index contributed by atoms with van der Waals surface area (Å²) in [5, 5.41) is 0. The monoisotopic (exact) mass is 176 g/mol. The van der Waals surface area contributed by atoms with Gasteiger partial charge in [0.2, 0.25) is 0 Å². The first-order valence-electron chi connectivity index (χ1n) is 4.88. The minimum Gasteiger partial charge on any atom is -0.497 e. The number of ether oxygens (including phenoxy) is 1. The van der Waals surface area contributed by atoms with Gasteiger partial charge in [0.25, 0.3) is 0 Å². The Labute approximate surface area is 77.3 Å². The van der Waals surface area contributed by atoms with Crippen molar-refractivity contribution in [2.75, 3.05) is 6.61 Å². The summed E-state index contributed by atoms with van der Waals surface area (Å²) in [6, 6.07) is 0. The van der Waals surface area contributed by atoms with E-state index in [0.717, 1.165) is 31.6 Å². The van der Waals surface area contributed by atoms with E-state index in [1.165, 1.54) is 5.57 Å². The Bertz CT molecular complexity index is 338. The third-order valence-electron chi connectivity index (χ3n) is 3.46. The molecular formula is C11H12O2. The Kier molecular flexibility index (Phi) is 1.27. The first kappa shape index (κ1) is 7.36. The molecule has 1 heterocycles. The van der Waals surface area contributed by atoms with Crippen LogP contribution in [0.15, 0.2) is 23.5 Å². The third-order valence-corrected chi connectivity index (χ3v) is 3.46. The van der Waals surface area contributed by atoms with Crippen LogP contribution in [0.4, 0.5) is 0 Å². The van der Waals surface area contributed by atoms with E-state index in [1.54, 1.807) is 0 Å². The van der Waals surface area contributed by atoms with Gasteiger partial charge in [-0.2, -0.15) is 0 Å². The molecule has 1 unspecified atom stereocenters. The minimum atomic E-state index is -0.220. The summed E-state index contributed by atoms with van der Waals surface area (Å²) < 4.78 is 5.50. The van der Waals surface area contributed by atoms with E-state index in [4.69, 9.17) is 4.74 Å². The van der Waals surface area contributed by atoms with Crippen molar-refractivity contribution in [3.63, 3.8) is 0 Å². The first-order chi connectivity index (χ1) is 6.31. The molecule has 0 aromatic carbocycles. The lowest BCUT2D eigenvalue weighted by Crippen LogP contribution is -2.35. The molecule has 1 spiro atoms. The van der Waals surface area contributed by atoms with Gasteiger partial charge >= 0.3 is 0 Å². The van der Waals surface area contributed by atoms with Crippen molar-refractivity contribution in [2.45, 2.75) is 25.7 Å². The Hall–Kier alpha value is -1.05. The van der Waals surface area contributed by atoms with Gasteiger partial charge in [-0.15, -0.1) is 0 Å². The Balaban J connectivity index is 2.14. The fourth-order valence-electron chi connectivity index (χ4n) is 2.68. The van der Waals surface area contributed by atoms with Crippen LogP contribution in [-0.2, 0) is 9.53 Å². The van der Waals surface area contributed by atoms with E-state index >= 15 is 0 Å². The van der Waals surface area contributed by atoms with Crippen molar-refractivity contribution in [1.82, 2.24) is 0 Å². The van der Waals surface area contributed by atoms with Crippen molar-refractivity contribution < 1.29 is 9.53 Å². The molecule has 2 bridgehead atoms. The van der Waals surface area contributed by atoms with Crippen LogP contribution >= 0.6 is 0 Å². The summed E-state index contributed by atoms with van der Waals surface area (Å²) in [5.41, 5.74) is 1.20. The molecular weight excluding hydrogens is 164 g/mol. The van der Waals surface area contributed by atoms with E-state index in [2.05, 4.69) is 6.08 Å². The van der Waals surface area contributed by atoms with E-state index in [1.807, 2.05) is 6.08 Å². The lowest BCUT2D eigenvalue weighted by atomic mass is 9.67. The molecule has 13 heavy (non-hydrogen) atoms. The van der Waals surface area contributed by atoms with Crippen molar-refractivity contribution in [3.8, 4) is 0 Å². The van der Waals surface area contributed by atoms with Crippen LogP contribution in [-0.4, -0.2) is 12.4 Å². The highest BCUT2D eigenvalue weighted by Crippen LogP contribution is 2.50. The van der Waals surface area contributed by atoms with Crippen LogP contribution in [0.3, 0.4) is 0 Å². The topological polar surface area (TPSA) is 26.3 Å².